The molecule has 0 bridgehead atoms. The van der Waals surface area contributed by atoms with Crippen LogP contribution in [0.2, 0.25) is 0 Å². The lowest BCUT2D eigenvalue weighted by Crippen LogP contribution is -2.32. The SMILES string of the molecule is CCc1ccsc1C(=O)NC(C)CCCBr. The van der Waals surface area contributed by atoms with Crippen molar-refractivity contribution in [3.63, 3.8) is 0 Å². The van der Waals surface area contributed by atoms with Crippen LogP contribution in [0.1, 0.15) is 41.9 Å². The molecule has 2 nitrogen and oxygen atoms in total. The topological polar surface area (TPSA) is 29.1 Å². The third kappa shape index (κ3) is 3.91. The second kappa shape index (κ2) is 7.07. The first-order valence-corrected chi connectivity index (χ1v) is 7.62. The predicted octanol–water partition coefficient (Wildman–Crippen LogP) is 3.60. The minimum absolute atomic E-state index is 0.0777. The Kier molecular flexibility index (Phi) is 6.06. The second-order valence-electron chi connectivity index (χ2n) is 3.83. The molecule has 90 valence electrons. The Morgan fingerprint density at radius 2 is 2.38 bits per heavy atom. The Hall–Kier alpha value is -0.350. The van der Waals surface area contributed by atoms with E-state index >= 15 is 0 Å². The molecule has 4 heteroatoms. The van der Waals surface area contributed by atoms with Gasteiger partial charge in [-0.3, -0.25) is 4.79 Å². The van der Waals surface area contributed by atoms with Gasteiger partial charge in [-0.1, -0.05) is 22.9 Å². The van der Waals surface area contributed by atoms with E-state index in [4.69, 9.17) is 0 Å². The molecule has 16 heavy (non-hydrogen) atoms. The zero-order chi connectivity index (χ0) is 12.0. The summed E-state index contributed by atoms with van der Waals surface area (Å²) in [6, 6.07) is 2.28. The molecule has 0 radical (unpaired) electrons. The minimum Gasteiger partial charge on any atom is -0.349 e. The first kappa shape index (κ1) is 13.7. The third-order valence-corrected chi connectivity index (χ3v) is 4.00. The van der Waals surface area contributed by atoms with Crippen LogP contribution in [0.3, 0.4) is 0 Å². The highest BCUT2D eigenvalue weighted by Crippen LogP contribution is 2.17. The maximum absolute atomic E-state index is 11.9. The monoisotopic (exact) mass is 303 g/mol. The number of aryl methyl sites for hydroxylation is 1. The van der Waals surface area contributed by atoms with Gasteiger partial charge < -0.3 is 5.32 Å². The van der Waals surface area contributed by atoms with E-state index in [0.29, 0.717) is 0 Å². The van der Waals surface area contributed by atoms with E-state index in [0.717, 1.165) is 35.0 Å². The second-order valence-corrected chi connectivity index (χ2v) is 5.54. The molecule has 1 rings (SSSR count). The molecular formula is C12H18BrNOS. The highest BCUT2D eigenvalue weighted by atomic mass is 79.9. The van der Waals surface area contributed by atoms with Crippen LogP contribution in [0.25, 0.3) is 0 Å². The summed E-state index contributed by atoms with van der Waals surface area (Å²) in [6.45, 7) is 4.13. The van der Waals surface area contributed by atoms with E-state index in [1.165, 1.54) is 11.3 Å². The fourth-order valence-electron chi connectivity index (χ4n) is 1.56. The van der Waals surface area contributed by atoms with Crippen molar-refractivity contribution < 1.29 is 4.79 Å². The Balaban J connectivity index is 2.52. The molecule has 0 fully saturated rings. The smallest absolute Gasteiger partial charge is 0.261 e. The fourth-order valence-corrected chi connectivity index (χ4v) is 2.78. The molecule has 1 atom stereocenters. The van der Waals surface area contributed by atoms with Crippen LogP contribution in [-0.2, 0) is 6.42 Å². The van der Waals surface area contributed by atoms with Gasteiger partial charge in [-0.2, -0.15) is 0 Å². The summed E-state index contributed by atoms with van der Waals surface area (Å²) in [5.74, 6) is 0.0777. The number of nitrogens with one attached hydrogen (secondary N) is 1. The lowest BCUT2D eigenvalue weighted by molar-refractivity contribution is 0.0941. The lowest BCUT2D eigenvalue weighted by Gasteiger charge is -2.12. The molecule has 1 unspecified atom stereocenters. The number of hydrogen-bond donors (Lipinski definition) is 1. The van der Waals surface area contributed by atoms with E-state index in [2.05, 4.69) is 35.1 Å². The van der Waals surface area contributed by atoms with E-state index in [9.17, 15) is 4.79 Å². The molecule has 0 spiro atoms. The molecule has 0 aliphatic heterocycles. The Morgan fingerprint density at radius 1 is 1.62 bits per heavy atom. The van der Waals surface area contributed by atoms with Crippen molar-refractivity contribution in [1.29, 1.82) is 0 Å². The molecular weight excluding hydrogens is 286 g/mol. The molecule has 1 amide bonds. The fraction of sp³-hybridized carbons (Fsp3) is 0.583. The number of halogens is 1. The maximum Gasteiger partial charge on any atom is 0.261 e. The van der Waals surface area contributed by atoms with Crippen molar-refractivity contribution in [1.82, 2.24) is 5.32 Å². The van der Waals surface area contributed by atoms with Crippen molar-refractivity contribution >= 4 is 33.2 Å². The first-order chi connectivity index (χ1) is 7.69. The quantitative estimate of drug-likeness (QED) is 0.799. The van der Waals surface area contributed by atoms with Crippen molar-refractivity contribution in [2.45, 2.75) is 39.2 Å². The zero-order valence-electron chi connectivity index (χ0n) is 9.75. The Bertz CT molecular complexity index is 338. The van der Waals surface area contributed by atoms with Crippen LogP contribution in [0.15, 0.2) is 11.4 Å². The summed E-state index contributed by atoms with van der Waals surface area (Å²) in [6.07, 6.45) is 3.03. The van der Waals surface area contributed by atoms with E-state index in [-0.39, 0.29) is 11.9 Å². The highest BCUT2D eigenvalue weighted by molar-refractivity contribution is 9.09. The summed E-state index contributed by atoms with van der Waals surface area (Å²) in [5.41, 5.74) is 1.15. The molecule has 0 aliphatic carbocycles. The molecule has 0 saturated carbocycles. The van der Waals surface area contributed by atoms with Gasteiger partial charge in [-0.25, -0.2) is 0 Å². The Labute approximate surface area is 110 Å². The van der Waals surface area contributed by atoms with Gasteiger partial charge in [0.25, 0.3) is 5.91 Å². The average molecular weight is 304 g/mol. The standard InChI is InChI=1S/C12H18BrNOS/c1-3-10-6-8-16-11(10)12(15)14-9(2)5-4-7-13/h6,8-9H,3-5,7H2,1-2H3,(H,14,15). The van der Waals surface area contributed by atoms with E-state index < -0.39 is 0 Å². The van der Waals surface area contributed by atoms with Gasteiger partial charge in [0, 0.05) is 11.4 Å². The number of rotatable bonds is 6. The van der Waals surface area contributed by atoms with Crippen LogP contribution in [0.5, 0.6) is 0 Å². The normalized spacial score (nSPS) is 12.4. The number of thiophene rings is 1. The number of carbonyl (C=O) groups excluding carboxylic acids is 1. The summed E-state index contributed by atoms with van der Waals surface area (Å²) in [4.78, 5) is 12.8. The molecule has 0 aliphatic rings. The number of amides is 1. The van der Waals surface area contributed by atoms with Crippen LogP contribution in [-0.4, -0.2) is 17.3 Å². The van der Waals surface area contributed by atoms with Crippen LogP contribution in [0.4, 0.5) is 0 Å². The largest absolute Gasteiger partial charge is 0.349 e. The van der Waals surface area contributed by atoms with Gasteiger partial charge in [0.05, 0.1) is 4.88 Å². The average Bonchev–Trinajstić information content (AvgIpc) is 2.74. The van der Waals surface area contributed by atoms with Gasteiger partial charge >= 0.3 is 0 Å². The first-order valence-electron chi connectivity index (χ1n) is 5.62. The van der Waals surface area contributed by atoms with E-state index in [1.807, 2.05) is 11.4 Å². The van der Waals surface area contributed by atoms with Crippen molar-refractivity contribution in [3.05, 3.63) is 21.9 Å². The van der Waals surface area contributed by atoms with Crippen molar-refractivity contribution in [2.24, 2.45) is 0 Å². The molecule has 0 saturated heterocycles. The Morgan fingerprint density at radius 3 is 3.00 bits per heavy atom. The van der Waals surface area contributed by atoms with Crippen molar-refractivity contribution in [3.8, 4) is 0 Å². The molecule has 1 aromatic heterocycles. The number of hydrogen-bond acceptors (Lipinski definition) is 2. The molecule has 1 aromatic rings. The molecule has 0 aromatic carbocycles. The number of carbonyl (C=O) groups is 1. The third-order valence-electron chi connectivity index (χ3n) is 2.48. The van der Waals surface area contributed by atoms with Crippen LogP contribution in [0, 0.1) is 0 Å². The van der Waals surface area contributed by atoms with Gasteiger partial charge in [0.1, 0.15) is 0 Å². The highest BCUT2D eigenvalue weighted by Gasteiger charge is 2.13. The van der Waals surface area contributed by atoms with Crippen LogP contribution < -0.4 is 5.32 Å². The minimum atomic E-state index is 0.0777. The zero-order valence-corrected chi connectivity index (χ0v) is 12.2. The summed E-state index contributed by atoms with van der Waals surface area (Å²) in [7, 11) is 0. The summed E-state index contributed by atoms with van der Waals surface area (Å²) in [5, 5.41) is 6.02. The molecule has 1 heterocycles. The van der Waals surface area contributed by atoms with Gasteiger partial charge in [0.15, 0.2) is 0 Å². The van der Waals surface area contributed by atoms with Gasteiger partial charge in [0.2, 0.25) is 0 Å². The van der Waals surface area contributed by atoms with Crippen LogP contribution >= 0.6 is 27.3 Å². The molecule has 1 N–H and O–H groups in total. The van der Waals surface area contributed by atoms with Crippen molar-refractivity contribution in [2.75, 3.05) is 5.33 Å². The van der Waals surface area contributed by atoms with E-state index in [1.54, 1.807) is 0 Å². The summed E-state index contributed by atoms with van der Waals surface area (Å²) < 4.78 is 0. The summed E-state index contributed by atoms with van der Waals surface area (Å²) >= 11 is 4.92. The number of alkyl halides is 1. The predicted molar refractivity (Wildman–Crippen MR) is 73.7 cm³/mol. The van der Waals surface area contributed by atoms with Gasteiger partial charge in [-0.15, -0.1) is 11.3 Å². The van der Waals surface area contributed by atoms with Gasteiger partial charge in [-0.05, 0) is 43.2 Å². The maximum atomic E-state index is 11.9. The lowest BCUT2D eigenvalue weighted by atomic mass is 10.1.